The van der Waals surface area contributed by atoms with Gasteiger partial charge < -0.3 is 5.73 Å². The summed E-state index contributed by atoms with van der Waals surface area (Å²) in [6, 6.07) is 11.5. The van der Waals surface area contributed by atoms with E-state index >= 15 is 0 Å². The highest BCUT2D eigenvalue weighted by Gasteiger charge is 2.05. The number of nitrogens with two attached hydrogens (primary N) is 1. The van der Waals surface area contributed by atoms with E-state index in [1.165, 1.54) is 0 Å². The standard InChI is InChI=1S/C13H11N5/c14-13(15)11-6-5-10(8-16-11)18-12-4-2-1-3-9(12)7-17-18/h1-8H,(H3,14,15). The summed E-state index contributed by atoms with van der Waals surface area (Å²) in [5, 5.41) is 12.7. The van der Waals surface area contributed by atoms with Crippen LogP contribution in [0.2, 0.25) is 0 Å². The lowest BCUT2D eigenvalue weighted by Gasteiger charge is -2.04. The molecule has 0 aliphatic heterocycles. The molecule has 2 heterocycles. The molecule has 0 amide bonds. The van der Waals surface area contributed by atoms with Crippen molar-refractivity contribution in [1.29, 1.82) is 5.41 Å². The van der Waals surface area contributed by atoms with Crippen LogP contribution in [-0.4, -0.2) is 20.6 Å². The van der Waals surface area contributed by atoms with Crippen LogP contribution in [0.5, 0.6) is 0 Å². The molecule has 0 unspecified atom stereocenters. The predicted octanol–water partition coefficient (Wildman–Crippen LogP) is 1.70. The summed E-state index contributed by atoms with van der Waals surface area (Å²) >= 11 is 0. The molecule has 18 heavy (non-hydrogen) atoms. The number of nitrogens with one attached hydrogen (secondary N) is 1. The van der Waals surface area contributed by atoms with Crippen LogP contribution >= 0.6 is 0 Å². The minimum atomic E-state index is -0.0353. The molecule has 3 rings (SSSR count). The Bertz CT molecular complexity index is 712. The molecule has 3 N–H and O–H groups in total. The maximum atomic E-state index is 7.30. The fourth-order valence-electron chi connectivity index (χ4n) is 1.85. The van der Waals surface area contributed by atoms with Crippen LogP contribution in [0, 0.1) is 5.41 Å². The molecule has 0 saturated carbocycles. The molecule has 0 aliphatic rings. The number of aromatic nitrogens is 3. The molecule has 0 spiro atoms. The number of nitrogen functional groups attached to an aromatic ring is 1. The van der Waals surface area contributed by atoms with Crippen LogP contribution < -0.4 is 5.73 Å². The lowest BCUT2D eigenvalue weighted by Crippen LogP contribution is -2.13. The molecular weight excluding hydrogens is 226 g/mol. The van der Waals surface area contributed by atoms with Crippen molar-refractivity contribution in [3.8, 4) is 5.69 Å². The van der Waals surface area contributed by atoms with Crippen molar-refractivity contribution in [3.63, 3.8) is 0 Å². The number of fused-ring (bicyclic) bond motifs is 1. The smallest absolute Gasteiger partial charge is 0.141 e. The summed E-state index contributed by atoms with van der Waals surface area (Å²) in [7, 11) is 0. The molecule has 0 atom stereocenters. The van der Waals surface area contributed by atoms with Gasteiger partial charge in [0, 0.05) is 5.39 Å². The summed E-state index contributed by atoms with van der Waals surface area (Å²) in [4.78, 5) is 4.13. The van der Waals surface area contributed by atoms with Gasteiger partial charge >= 0.3 is 0 Å². The zero-order valence-corrected chi connectivity index (χ0v) is 9.54. The van der Waals surface area contributed by atoms with Gasteiger partial charge in [0.25, 0.3) is 0 Å². The minimum absolute atomic E-state index is 0.0353. The Morgan fingerprint density at radius 1 is 1.11 bits per heavy atom. The zero-order chi connectivity index (χ0) is 12.5. The van der Waals surface area contributed by atoms with Gasteiger partial charge in [0.1, 0.15) is 11.5 Å². The summed E-state index contributed by atoms with van der Waals surface area (Å²) in [5.41, 5.74) is 7.71. The molecule has 0 aliphatic carbocycles. The monoisotopic (exact) mass is 237 g/mol. The van der Waals surface area contributed by atoms with Crippen LogP contribution in [0.15, 0.2) is 48.8 Å². The number of nitrogens with zero attached hydrogens (tertiary/aromatic N) is 3. The van der Waals surface area contributed by atoms with Crippen molar-refractivity contribution < 1.29 is 0 Å². The van der Waals surface area contributed by atoms with Gasteiger partial charge in [-0.25, -0.2) is 4.68 Å². The second-order valence-corrected chi connectivity index (χ2v) is 3.93. The quantitative estimate of drug-likeness (QED) is 0.526. The summed E-state index contributed by atoms with van der Waals surface area (Å²) in [5.74, 6) is -0.0353. The summed E-state index contributed by atoms with van der Waals surface area (Å²) in [6.07, 6.45) is 3.48. The van der Waals surface area contributed by atoms with Crippen molar-refractivity contribution >= 4 is 16.7 Å². The molecule has 2 aromatic heterocycles. The second-order valence-electron chi connectivity index (χ2n) is 3.93. The maximum absolute atomic E-state index is 7.30. The molecular formula is C13H11N5. The van der Waals surface area contributed by atoms with Gasteiger partial charge in [0.2, 0.25) is 0 Å². The maximum Gasteiger partial charge on any atom is 0.141 e. The van der Waals surface area contributed by atoms with Crippen molar-refractivity contribution in [2.45, 2.75) is 0 Å². The summed E-state index contributed by atoms with van der Waals surface area (Å²) in [6.45, 7) is 0. The average molecular weight is 237 g/mol. The van der Waals surface area contributed by atoms with E-state index in [2.05, 4.69) is 10.1 Å². The first-order valence-electron chi connectivity index (χ1n) is 5.49. The van der Waals surface area contributed by atoms with E-state index in [0.29, 0.717) is 5.69 Å². The molecule has 5 heteroatoms. The van der Waals surface area contributed by atoms with Crippen LogP contribution in [0.4, 0.5) is 0 Å². The number of para-hydroxylation sites is 1. The number of rotatable bonds is 2. The average Bonchev–Trinajstić information content (AvgIpc) is 2.82. The van der Waals surface area contributed by atoms with Gasteiger partial charge in [-0.05, 0) is 18.2 Å². The predicted molar refractivity (Wildman–Crippen MR) is 69.9 cm³/mol. The Balaban J connectivity index is 2.12. The Hall–Kier alpha value is -2.69. The van der Waals surface area contributed by atoms with E-state index in [0.717, 1.165) is 16.6 Å². The largest absolute Gasteiger partial charge is 0.382 e. The van der Waals surface area contributed by atoms with E-state index in [1.807, 2.05) is 41.2 Å². The fourth-order valence-corrected chi connectivity index (χ4v) is 1.85. The highest BCUT2D eigenvalue weighted by atomic mass is 15.3. The second kappa shape index (κ2) is 3.96. The van der Waals surface area contributed by atoms with Crippen molar-refractivity contribution in [2.24, 2.45) is 5.73 Å². The van der Waals surface area contributed by atoms with E-state index < -0.39 is 0 Å². The molecule has 5 nitrogen and oxygen atoms in total. The van der Waals surface area contributed by atoms with E-state index in [-0.39, 0.29) is 5.84 Å². The lowest BCUT2D eigenvalue weighted by atomic mass is 10.2. The zero-order valence-electron chi connectivity index (χ0n) is 9.54. The van der Waals surface area contributed by atoms with Crippen LogP contribution in [0.1, 0.15) is 5.69 Å². The molecule has 0 saturated heterocycles. The number of hydrogen-bond donors (Lipinski definition) is 2. The number of hydrogen-bond acceptors (Lipinski definition) is 3. The van der Waals surface area contributed by atoms with E-state index in [1.54, 1.807) is 12.3 Å². The van der Waals surface area contributed by atoms with Crippen molar-refractivity contribution in [2.75, 3.05) is 0 Å². The highest BCUT2D eigenvalue weighted by Crippen LogP contribution is 2.17. The lowest BCUT2D eigenvalue weighted by molar-refractivity contribution is 0.902. The van der Waals surface area contributed by atoms with E-state index in [4.69, 9.17) is 11.1 Å². The Morgan fingerprint density at radius 3 is 2.67 bits per heavy atom. The Kier molecular flexibility index (Phi) is 2.30. The third-order valence-corrected chi connectivity index (χ3v) is 2.75. The highest BCUT2D eigenvalue weighted by molar-refractivity contribution is 5.93. The Morgan fingerprint density at radius 2 is 1.94 bits per heavy atom. The molecule has 88 valence electrons. The molecule has 3 aromatic rings. The van der Waals surface area contributed by atoms with Gasteiger partial charge in [-0.1, -0.05) is 18.2 Å². The van der Waals surface area contributed by atoms with Crippen molar-refractivity contribution in [3.05, 3.63) is 54.5 Å². The molecule has 1 aromatic carbocycles. The van der Waals surface area contributed by atoms with Gasteiger partial charge in [-0.3, -0.25) is 10.4 Å². The molecule has 0 fully saturated rings. The van der Waals surface area contributed by atoms with E-state index in [9.17, 15) is 0 Å². The fraction of sp³-hybridized carbons (Fsp3) is 0. The minimum Gasteiger partial charge on any atom is -0.382 e. The SMILES string of the molecule is N=C(N)c1ccc(-n2ncc3ccccc32)cn1. The molecule has 0 radical (unpaired) electrons. The van der Waals surface area contributed by atoms with Gasteiger partial charge in [0.15, 0.2) is 0 Å². The first-order valence-corrected chi connectivity index (χ1v) is 5.49. The topological polar surface area (TPSA) is 80.6 Å². The number of pyridine rings is 1. The third kappa shape index (κ3) is 1.62. The van der Waals surface area contributed by atoms with Crippen LogP contribution in [0.25, 0.3) is 16.6 Å². The molecule has 0 bridgehead atoms. The number of amidine groups is 1. The van der Waals surface area contributed by atoms with Crippen LogP contribution in [-0.2, 0) is 0 Å². The van der Waals surface area contributed by atoms with Gasteiger partial charge in [-0.15, -0.1) is 0 Å². The first-order chi connectivity index (χ1) is 8.75. The van der Waals surface area contributed by atoms with Crippen molar-refractivity contribution in [1.82, 2.24) is 14.8 Å². The van der Waals surface area contributed by atoms with Crippen LogP contribution in [0.3, 0.4) is 0 Å². The van der Waals surface area contributed by atoms with Gasteiger partial charge in [-0.2, -0.15) is 5.10 Å². The summed E-state index contributed by atoms with van der Waals surface area (Å²) < 4.78 is 1.81. The number of benzene rings is 1. The van der Waals surface area contributed by atoms with Gasteiger partial charge in [0.05, 0.1) is 23.6 Å². The third-order valence-electron chi connectivity index (χ3n) is 2.75. The normalized spacial score (nSPS) is 10.7. The Labute approximate surface area is 103 Å². The first kappa shape index (κ1) is 10.5.